The average Bonchev–Trinajstić information content (AvgIpc) is 2.39. The van der Waals surface area contributed by atoms with Crippen LogP contribution in [0.25, 0.3) is 0 Å². The second kappa shape index (κ2) is 6.35. The van der Waals surface area contributed by atoms with Crippen molar-refractivity contribution in [3.63, 3.8) is 0 Å². The summed E-state index contributed by atoms with van der Waals surface area (Å²) in [5, 5.41) is 10.5. The third kappa shape index (κ3) is 4.82. The molecule has 1 aliphatic heterocycles. The van der Waals surface area contributed by atoms with E-state index in [9.17, 15) is 14.3 Å². The minimum Gasteiger partial charge on any atom is -0.485 e. The van der Waals surface area contributed by atoms with Crippen LogP contribution in [0.1, 0.15) is 34.1 Å². The van der Waals surface area contributed by atoms with Crippen molar-refractivity contribution in [1.29, 1.82) is 0 Å². The predicted octanol–water partition coefficient (Wildman–Crippen LogP) is 2.96. The van der Waals surface area contributed by atoms with Crippen molar-refractivity contribution in [2.75, 3.05) is 13.1 Å². The summed E-state index contributed by atoms with van der Waals surface area (Å²) < 4.78 is 24.4. The van der Waals surface area contributed by atoms with Crippen molar-refractivity contribution in [3.8, 4) is 5.75 Å². The summed E-state index contributed by atoms with van der Waals surface area (Å²) in [4.78, 5) is 13.7. The van der Waals surface area contributed by atoms with E-state index in [1.165, 1.54) is 23.1 Å². The number of hydrogen-bond donors (Lipinski definition) is 1. The number of nitrogens with zero attached hydrogens (tertiary/aromatic N) is 1. The molecule has 0 bridgehead atoms. The lowest BCUT2D eigenvalue weighted by atomic mass is 9.90. The van der Waals surface area contributed by atoms with Crippen molar-refractivity contribution in [2.24, 2.45) is 0 Å². The molecule has 5 nitrogen and oxygen atoms in total. The molecule has 1 aromatic rings. The van der Waals surface area contributed by atoms with E-state index in [1.54, 1.807) is 33.8 Å². The Labute approximate surface area is 136 Å². The van der Waals surface area contributed by atoms with Crippen LogP contribution >= 0.6 is 0 Å². The topological polar surface area (TPSA) is 59.0 Å². The maximum atomic E-state index is 13.3. The molecule has 1 N–H and O–H groups in total. The Hall–Kier alpha value is -1.82. The van der Waals surface area contributed by atoms with Crippen molar-refractivity contribution >= 4 is 6.09 Å². The van der Waals surface area contributed by atoms with E-state index in [1.807, 2.05) is 0 Å². The Bertz CT molecular complexity index is 568. The number of amides is 1. The normalized spacial score (nSPS) is 25.1. The van der Waals surface area contributed by atoms with Gasteiger partial charge in [0.25, 0.3) is 0 Å². The molecule has 1 aromatic carbocycles. The van der Waals surface area contributed by atoms with Gasteiger partial charge in [0.2, 0.25) is 0 Å². The van der Waals surface area contributed by atoms with Crippen LogP contribution in [0, 0.1) is 5.82 Å². The van der Waals surface area contributed by atoms with E-state index in [0.29, 0.717) is 18.7 Å². The first-order valence-electron chi connectivity index (χ1n) is 7.69. The smallest absolute Gasteiger partial charge is 0.410 e. The van der Waals surface area contributed by atoms with Crippen LogP contribution in [-0.4, -0.2) is 46.5 Å². The number of rotatable bonds is 2. The number of carbonyl (C=O) groups is 1. The minimum atomic E-state index is -1.11. The second-order valence-corrected chi connectivity index (χ2v) is 7.10. The molecule has 2 rings (SSSR count). The average molecular weight is 325 g/mol. The number of benzene rings is 1. The fourth-order valence-electron chi connectivity index (χ4n) is 2.37. The van der Waals surface area contributed by atoms with Gasteiger partial charge < -0.3 is 19.5 Å². The summed E-state index contributed by atoms with van der Waals surface area (Å²) in [6.45, 7) is 7.61. The third-order valence-electron chi connectivity index (χ3n) is 3.69. The highest BCUT2D eigenvalue weighted by Crippen LogP contribution is 2.27. The predicted molar refractivity (Wildman–Crippen MR) is 83.9 cm³/mol. The van der Waals surface area contributed by atoms with Gasteiger partial charge in [0, 0.05) is 12.6 Å². The number of hydrogen-bond acceptors (Lipinski definition) is 4. The molecule has 1 saturated heterocycles. The Morgan fingerprint density at radius 2 is 2.13 bits per heavy atom. The van der Waals surface area contributed by atoms with Gasteiger partial charge in [-0.1, -0.05) is 6.07 Å². The maximum Gasteiger partial charge on any atom is 0.410 e. The molecule has 6 heteroatoms. The summed E-state index contributed by atoms with van der Waals surface area (Å²) in [5.74, 6) is -0.0942. The van der Waals surface area contributed by atoms with Crippen molar-refractivity contribution in [1.82, 2.24) is 4.90 Å². The Morgan fingerprint density at radius 3 is 2.74 bits per heavy atom. The summed E-state index contributed by atoms with van der Waals surface area (Å²) >= 11 is 0. The first kappa shape index (κ1) is 17.5. The van der Waals surface area contributed by atoms with Crippen LogP contribution in [-0.2, 0) is 4.74 Å². The number of ether oxygens (including phenoxy) is 2. The molecule has 0 aromatic heterocycles. The highest BCUT2D eigenvalue weighted by Gasteiger charge is 2.41. The number of halogens is 1. The molecule has 1 amide bonds. The molecule has 23 heavy (non-hydrogen) atoms. The molecule has 0 unspecified atom stereocenters. The number of piperidine rings is 1. The molecular weight excluding hydrogens is 301 g/mol. The van der Waals surface area contributed by atoms with Crippen LogP contribution in [0.5, 0.6) is 5.75 Å². The number of carbonyl (C=O) groups excluding carboxylic acids is 1. The minimum absolute atomic E-state index is 0.179. The monoisotopic (exact) mass is 325 g/mol. The van der Waals surface area contributed by atoms with E-state index in [4.69, 9.17) is 9.47 Å². The first-order valence-corrected chi connectivity index (χ1v) is 7.69. The SMILES string of the molecule is CC(C)(C)OC(=O)N1CC[C@](C)(O)[C@@H](Oc2cccc(F)c2)C1. The van der Waals surface area contributed by atoms with Gasteiger partial charge >= 0.3 is 6.09 Å². The molecule has 1 heterocycles. The van der Waals surface area contributed by atoms with Gasteiger partial charge in [-0.25, -0.2) is 9.18 Å². The van der Waals surface area contributed by atoms with Gasteiger partial charge in [-0.05, 0) is 46.2 Å². The second-order valence-electron chi connectivity index (χ2n) is 7.10. The quantitative estimate of drug-likeness (QED) is 0.908. The fraction of sp³-hybridized carbons (Fsp3) is 0.588. The van der Waals surface area contributed by atoms with E-state index in [0.717, 1.165) is 0 Å². The molecule has 2 atom stereocenters. The first-order chi connectivity index (χ1) is 10.6. The van der Waals surface area contributed by atoms with Gasteiger partial charge in [0.1, 0.15) is 28.9 Å². The Balaban J connectivity index is 2.08. The fourth-order valence-corrected chi connectivity index (χ4v) is 2.37. The van der Waals surface area contributed by atoms with Gasteiger partial charge in [0.15, 0.2) is 0 Å². The van der Waals surface area contributed by atoms with Gasteiger partial charge in [-0.2, -0.15) is 0 Å². The van der Waals surface area contributed by atoms with Crippen LogP contribution in [0.3, 0.4) is 0 Å². The lowest BCUT2D eigenvalue weighted by molar-refractivity contribution is -0.0950. The third-order valence-corrected chi connectivity index (χ3v) is 3.69. The maximum absolute atomic E-state index is 13.3. The molecule has 1 aliphatic rings. The zero-order valence-electron chi connectivity index (χ0n) is 14.0. The highest BCUT2D eigenvalue weighted by molar-refractivity contribution is 5.68. The van der Waals surface area contributed by atoms with Gasteiger partial charge in [-0.3, -0.25) is 0 Å². The van der Waals surface area contributed by atoms with Crippen LogP contribution in [0.4, 0.5) is 9.18 Å². The van der Waals surface area contributed by atoms with E-state index in [2.05, 4.69) is 0 Å². The molecule has 0 aliphatic carbocycles. The number of likely N-dealkylation sites (tertiary alicyclic amines) is 1. The summed E-state index contributed by atoms with van der Waals surface area (Å²) in [5.41, 5.74) is -1.69. The Kier molecular flexibility index (Phi) is 4.84. The largest absolute Gasteiger partial charge is 0.485 e. The summed E-state index contributed by atoms with van der Waals surface area (Å²) in [6, 6.07) is 5.72. The van der Waals surface area contributed by atoms with E-state index < -0.39 is 29.2 Å². The Morgan fingerprint density at radius 1 is 1.43 bits per heavy atom. The zero-order valence-corrected chi connectivity index (χ0v) is 14.0. The highest BCUT2D eigenvalue weighted by atomic mass is 19.1. The van der Waals surface area contributed by atoms with Crippen molar-refractivity contribution < 1.29 is 23.8 Å². The van der Waals surface area contributed by atoms with Gasteiger partial charge in [-0.15, -0.1) is 0 Å². The summed E-state index contributed by atoms with van der Waals surface area (Å²) in [6.07, 6.45) is -0.752. The molecule has 0 radical (unpaired) electrons. The van der Waals surface area contributed by atoms with Crippen LogP contribution in [0.2, 0.25) is 0 Å². The van der Waals surface area contributed by atoms with Crippen LogP contribution < -0.4 is 4.74 Å². The lowest BCUT2D eigenvalue weighted by Gasteiger charge is -2.42. The van der Waals surface area contributed by atoms with E-state index in [-0.39, 0.29) is 6.54 Å². The lowest BCUT2D eigenvalue weighted by Crippen LogP contribution is -2.58. The standard InChI is InChI=1S/C17H24FNO4/c1-16(2,3)23-15(20)19-9-8-17(4,21)14(11-19)22-13-7-5-6-12(18)10-13/h5-7,10,14,21H,8-9,11H2,1-4H3/t14-,17-/m0/s1. The number of aliphatic hydroxyl groups is 1. The molecular formula is C17H24FNO4. The zero-order chi connectivity index (χ0) is 17.3. The molecule has 0 saturated carbocycles. The summed E-state index contributed by atoms with van der Waals surface area (Å²) in [7, 11) is 0. The van der Waals surface area contributed by atoms with Crippen molar-refractivity contribution in [2.45, 2.75) is 51.4 Å². The molecule has 1 fully saturated rings. The van der Waals surface area contributed by atoms with E-state index >= 15 is 0 Å². The van der Waals surface area contributed by atoms with Crippen molar-refractivity contribution in [3.05, 3.63) is 30.1 Å². The van der Waals surface area contributed by atoms with Gasteiger partial charge in [0.05, 0.1) is 6.54 Å². The molecule has 0 spiro atoms. The van der Waals surface area contributed by atoms with Crippen LogP contribution in [0.15, 0.2) is 24.3 Å². The molecule has 128 valence electrons.